The van der Waals surface area contributed by atoms with Gasteiger partial charge in [-0.25, -0.2) is 9.37 Å². The zero-order chi connectivity index (χ0) is 27.0. The van der Waals surface area contributed by atoms with Gasteiger partial charge in [0, 0.05) is 37.3 Å². The maximum absolute atomic E-state index is 15.0. The number of ether oxygens (including phenoxy) is 1. The summed E-state index contributed by atoms with van der Waals surface area (Å²) in [5, 5.41) is 4.84. The van der Waals surface area contributed by atoms with Crippen LogP contribution in [0, 0.1) is 5.82 Å². The van der Waals surface area contributed by atoms with Crippen molar-refractivity contribution in [1.82, 2.24) is 24.6 Å². The van der Waals surface area contributed by atoms with Crippen LogP contribution < -0.4 is 5.73 Å². The number of piperidine rings is 1. The molecule has 5 rings (SSSR count). The molecule has 4 heterocycles. The number of nitrogens with two attached hydrogens (primary N) is 1. The highest BCUT2D eigenvalue weighted by atomic mass is 19.4. The van der Waals surface area contributed by atoms with Crippen molar-refractivity contribution < 1.29 is 31.9 Å². The van der Waals surface area contributed by atoms with Crippen molar-refractivity contribution in [2.24, 2.45) is 0 Å². The zero-order valence-electron chi connectivity index (χ0n) is 20.3. The van der Waals surface area contributed by atoms with Crippen LogP contribution in [-0.2, 0) is 16.1 Å². The molecule has 1 aromatic carbocycles. The number of likely N-dealkylation sites (tertiary alicyclic amines) is 1. The van der Waals surface area contributed by atoms with Crippen LogP contribution in [0.25, 0.3) is 10.9 Å². The number of morpholine rings is 1. The van der Waals surface area contributed by atoms with Crippen molar-refractivity contribution in [2.45, 2.75) is 37.6 Å². The van der Waals surface area contributed by atoms with Crippen LogP contribution in [0.3, 0.4) is 0 Å². The van der Waals surface area contributed by atoms with Gasteiger partial charge < -0.3 is 20.3 Å². The molecule has 0 radical (unpaired) electrons. The van der Waals surface area contributed by atoms with Crippen LogP contribution in [0.15, 0.2) is 36.5 Å². The topological polar surface area (TPSA) is 107 Å². The van der Waals surface area contributed by atoms with E-state index < -0.39 is 30.5 Å². The second-order valence-corrected chi connectivity index (χ2v) is 9.45. The van der Waals surface area contributed by atoms with E-state index in [1.165, 1.54) is 29.1 Å². The van der Waals surface area contributed by atoms with Gasteiger partial charge in [0.05, 0.1) is 29.7 Å². The molecule has 0 bridgehead atoms. The van der Waals surface area contributed by atoms with E-state index in [1.54, 1.807) is 17.0 Å². The summed E-state index contributed by atoms with van der Waals surface area (Å²) in [6.07, 6.45) is -4.10. The van der Waals surface area contributed by atoms with E-state index in [4.69, 9.17) is 10.5 Å². The van der Waals surface area contributed by atoms with Gasteiger partial charge >= 0.3 is 6.18 Å². The zero-order valence-corrected chi connectivity index (χ0v) is 20.3. The lowest BCUT2D eigenvalue weighted by molar-refractivity contribution is -0.236. The van der Waals surface area contributed by atoms with Crippen molar-refractivity contribution in [2.75, 3.05) is 38.5 Å². The third-order valence-corrected chi connectivity index (χ3v) is 7.02. The number of hydrogen-bond acceptors (Lipinski definition) is 6. The molecule has 13 heteroatoms. The quantitative estimate of drug-likeness (QED) is 0.516. The van der Waals surface area contributed by atoms with Gasteiger partial charge in [-0.15, -0.1) is 0 Å². The first-order valence-corrected chi connectivity index (χ1v) is 12.2. The van der Waals surface area contributed by atoms with Gasteiger partial charge in [-0.3, -0.25) is 14.3 Å². The molecule has 2 N–H and O–H groups in total. The first-order chi connectivity index (χ1) is 18.1. The molecule has 3 aromatic rings. The Bertz CT molecular complexity index is 1350. The van der Waals surface area contributed by atoms with E-state index in [1.807, 2.05) is 0 Å². The van der Waals surface area contributed by atoms with E-state index in [-0.39, 0.29) is 42.7 Å². The maximum atomic E-state index is 15.0. The van der Waals surface area contributed by atoms with Gasteiger partial charge in [-0.2, -0.15) is 18.3 Å². The highest BCUT2D eigenvalue weighted by molar-refractivity contribution is 5.95. The molecule has 38 heavy (non-hydrogen) atoms. The number of benzene rings is 1. The number of anilines is 1. The molecule has 0 unspecified atom stereocenters. The Morgan fingerprint density at radius 1 is 1.11 bits per heavy atom. The van der Waals surface area contributed by atoms with Gasteiger partial charge in [0.15, 0.2) is 6.10 Å². The Hall–Kier alpha value is -3.74. The summed E-state index contributed by atoms with van der Waals surface area (Å²) in [7, 11) is 0. The fraction of sp³-hybridized carbons (Fsp3) is 0.440. The number of halogens is 4. The number of pyridine rings is 1. The number of carbonyl (C=O) groups excluding carboxylic acids is 2. The number of alkyl halides is 3. The van der Waals surface area contributed by atoms with E-state index >= 15 is 0 Å². The lowest BCUT2D eigenvalue weighted by atomic mass is 9.91. The summed E-state index contributed by atoms with van der Waals surface area (Å²) in [4.78, 5) is 32.5. The molecule has 0 aliphatic carbocycles. The average molecular weight is 535 g/mol. The number of rotatable bonds is 4. The number of amides is 2. The van der Waals surface area contributed by atoms with Gasteiger partial charge in [0.25, 0.3) is 5.91 Å². The lowest BCUT2D eigenvalue weighted by Crippen LogP contribution is -2.51. The van der Waals surface area contributed by atoms with Gasteiger partial charge in [0.1, 0.15) is 18.2 Å². The Morgan fingerprint density at radius 2 is 1.87 bits per heavy atom. The second kappa shape index (κ2) is 10.2. The predicted octanol–water partition coefficient (Wildman–Crippen LogP) is 2.96. The molecule has 2 fully saturated rings. The second-order valence-electron chi connectivity index (χ2n) is 9.45. The molecule has 9 nitrogen and oxygen atoms in total. The number of carbonyl (C=O) groups is 2. The van der Waals surface area contributed by atoms with Crippen molar-refractivity contribution in [1.29, 1.82) is 0 Å². The Labute approximate surface area is 215 Å². The summed E-state index contributed by atoms with van der Waals surface area (Å²) in [6.45, 7) is -0.287. The molecule has 1 atom stereocenters. The number of aromatic nitrogens is 3. The Kier molecular flexibility index (Phi) is 6.95. The summed E-state index contributed by atoms with van der Waals surface area (Å²) in [5.74, 6) is -1.15. The summed E-state index contributed by atoms with van der Waals surface area (Å²) in [6, 6.07) is 7.55. The predicted molar refractivity (Wildman–Crippen MR) is 129 cm³/mol. The minimum Gasteiger partial charge on any atom is -0.384 e. The van der Waals surface area contributed by atoms with Crippen molar-refractivity contribution in [3.8, 4) is 0 Å². The monoisotopic (exact) mass is 534 g/mol. The van der Waals surface area contributed by atoms with Crippen LogP contribution >= 0.6 is 0 Å². The van der Waals surface area contributed by atoms with Crippen LogP contribution in [0.5, 0.6) is 0 Å². The van der Waals surface area contributed by atoms with Crippen LogP contribution in [0.1, 0.15) is 34.8 Å². The number of hydrogen-bond donors (Lipinski definition) is 1. The minimum absolute atomic E-state index is 0.0292. The fourth-order valence-electron chi connectivity index (χ4n) is 5.04. The average Bonchev–Trinajstić information content (AvgIpc) is 3.27. The van der Waals surface area contributed by atoms with Crippen molar-refractivity contribution >= 4 is 28.5 Å². The van der Waals surface area contributed by atoms with Gasteiger partial charge in [-0.1, -0.05) is 6.07 Å². The molecule has 2 aliphatic heterocycles. The van der Waals surface area contributed by atoms with Crippen molar-refractivity contribution in [3.63, 3.8) is 0 Å². The SMILES string of the molecule is Nc1cc(C(=O)N2CCC(c3nn(CC(=O)N4CCO[C@H](C(F)(F)F)C4)c4cccc(F)c34)CC2)ccn1. The van der Waals surface area contributed by atoms with Gasteiger partial charge in [0.2, 0.25) is 5.91 Å². The molecular weight excluding hydrogens is 508 g/mol. The largest absolute Gasteiger partial charge is 0.416 e. The molecule has 2 amide bonds. The highest BCUT2D eigenvalue weighted by Gasteiger charge is 2.44. The first-order valence-electron chi connectivity index (χ1n) is 12.2. The molecule has 2 saturated heterocycles. The summed E-state index contributed by atoms with van der Waals surface area (Å²) in [5.41, 5.74) is 6.99. The molecular formula is C25H26F4N6O3. The summed E-state index contributed by atoms with van der Waals surface area (Å²) >= 11 is 0. The fourth-order valence-corrected chi connectivity index (χ4v) is 5.04. The Morgan fingerprint density at radius 3 is 2.58 bits per heavy atom. The normalized spacial score (nSPS) is 19.2. The van der Waals surface area contributed by atoms with E-state index in [0.29, 0.717) is 42.7 Å². The standard InChI is InChI=1S/C25H26F4N6O3/c26-17-2-1-3-18-22(17)23(15-5-8-33(9-6-15)24(37)16-4-7-31-20(30)12-16)32-35(18)14-21(36)34-10-11-38-19(13-34)25(27,28)29/h1-4,7,12,15,19H,5-6,8-11,13-14H2,(H2,30,31)/t19-/m0/s1. The van der Waals surface area contributed by atoms with E-state index in [0.717, 1.165) is 4.90 Å². The maximum Gasteiger partial charge on any atom is 0.416 e. The van der Waals surface area contributed by atoms with Crippen LogP contribution in [-0.4, -0.2) is 81.4 Å². The van der Waals surface area contributed by atoms with Crippen molar-refractivity contribution in [3.05, 3.63) is 53.6 Å². The van der Waals surface area contributed by atoms with Crippen LogP contribution in [0.2, 0.25) is 0 Å². The number of nitrogen functional groups attached to an aromatic ring is 1. The van der Waals surface area contributed by atoms with E-state index in [2.05, 4.69) is 10.1 Å². The van der Waals surface area contributed by atoms with Crippen LogP contribution in [0.4, 0.5) is 23.4 Å². The van der Waals surface area contributed by atoms with E-state index in [9.17, 15) is 27.2 Å². The molecule has 0 spiro atoms. The molecule has 0 saturated carbocycles. The molecule has 202 valence electrons. The number of nitrogens with zero attached hydrogens (tertiary/aromatic N) is 5. The Balaban J connectivity index is 1.33. The summed E-state index contributed by atoms with van der Waals surface area (Å²) < 4.78 is 60.4. The molecule has 2 aliphatic rings. The number of fused-ring (bicyclic) bond motifs is 1. The third kappa shape index (κ3) is 5.15. The molecule has 2 aromatic heterocycles. The first kappa shape index (κ1) is 25.9. The minimum atomic E-state index is -4.58. The smallest absolute Gasteiger partial charge is 0.384 e. The lowest BCUT2D eigenvalue weighted by Gasteiger charge is -2.33. The van der Waals surface area contributed by atoms with Gasteiger partial charge in [-0.05, 0) is 37.1 Å². The third-order valence-electron chi connectivity index (χ3n) is 7.02. The highest BCUT2D eigenvalue weighted by Crippen LogP contribution is 2.34.